The first kappa shape index (κ1) is 30.5. The topological polar surface area (TPSA) is 148 Å². The number of anilines is 1. The van der Waals surface area contributed by atoms with Crippen LogP contribution < -0.4 is 19.7 Å². The van der Waals surface area contributed by atoms with Crippen LogP contribution in [0.25, 0.3) is 0 Å². The van der Waals surface area contributed by atoms with Crippen LogP contribution in [0.2, 0.25) is 0 Å². The van der Waals surface area contributed by atoms with E-state index in [-0.39, 0.29) is 39.8 Å². The number of ether oxygens (including phenoxy) is 1. The lowest BCUT2D eigenvalue weighted by Gasteiger charge is -2.41. The molecule has 0 spiro atoms. The summed E-state index contributed by atoms with van der Waals surface area (Å²) in [6, 6.07) is 17.1. The monoisotopic (exact) mass is 629 g/mol. The number of amides is 3. The number of nitriles is 1. The molecule has 13 heteroatoms. The van der Waals surface area contributed by atoms with E-state index < -0.39 is 27.5 Å². The Morgan fingerprint density at radius 3 is 2.49 bits per heavy atom. The summed E-state index contributed by atoms with van der Waals surface area (Å²) in [7, 11) is -4.44. The molecule has 234 valence electrons. The highest BCUT2D eigenvalue weighted by Crippen LogP contribution is 2.49. The number of sulfonamides is 1. The lowest BCUT2D eigenvalue weighted by atomic mass is 9.83. The van der Waals surface area contributed by atoms with Crippen LogP contribution in [0.4, 0.5) is 10.5 Å². The standard InChI is InChI=1S/C32H35N7O5S/c1-2-44-29-26(9-6-14-35-29)32(36-31(41)38-19-17-37(18-20-38)24-12-15-34-16-13-24)27-21-23(22-33)10-11-28(27)39(30(32)40)45(42,43)25-7-4-3-5-8-25/h3-11,14,21,24,34H,2,12-13,15-20H2,1H3,(H,36,41). The number of rotatable bonds is 7. The predicted molar refractivity (Wildman–Crippen MR) is 166 cm³/mol. The highest BCUT2D eigenvalue weighted by molar-refractivity contribution is 7.93. The van der Waals surface area contributed by atoms with Crippen LogP contribution in [-0.4, -0.2) is 87.1 Å². The Hall–Kier alpha value is -4.51. The van der Waals surface area contributed by atoms with E-state index in [4.69, 9.17) is 4.74 Å². The summed E-state index contributed by atoms with van der Waals surface area (Å²) < 4.78 is 34.8. The summed E-state index contributed by atoms with van der Waals surface area (Å²) in [6.45, 7) is 6.13. The van der Waals surface area contributed by atoms with Crippen LogP contribution in [0.5, 0.6) is 5.88 Å². The van der Waals surface area contributed by atoms with Gasteiger partial charge in [0.25, 0.3) is 15.9 Å². The maximum absolute atomic E-state index is 14.9. The van der Waals surface area contributed by atoms with E-state index in [0.717, 1.165) is 30.2 Å². The van der Waals surface area contributed by atoms with Crippen LogP contribution in [0, 0.1) is 11.3 Å². The molecule has 45 heavy (non-hydrogen) atoms. The Morgan fingerprint density at radius 2 is 1.80 bits per heavy atom. The quantitative estimate of drug-likeness (QED) is 0.402. The highest BCUT2D eigenvalue weighted by atomic mass is 32.2. The minimum Gasteiger partial charge on any atom is -0.478 e. The zero-order valence-corrected chi connectivity index (χ0v) is 25.8. The summed E-state index contributed by atoms with van der Waals surface area (Å²) in [5.41, 5.74) is -1.53. The van der Waals surface area contributed by atoms with Crippen molar-refractivity contribution >= 4 is 27.6 Å². The molecular weight excluding hydrogens is 594 g/mol. The van der Waals surface area contributed by atoms with Gasteiger partial charge >= 0.3 is 6.03 Å². The van der Waals surface area contributed by atoms with E-state index in [0.29, 0.717) is 32.2 Å². The van der Waals surface area contributed by atoms with Gasteiger partial charge in [0.2, 0.25) is 5.88 Å². The second kappa shape index (κ2) is 12.5. The summed E-state index contributed by atoms with van der Waals surface area (Å²) in [6.07, 6.45) is 3.60. The number of benzene rings is 2. The first-order valence-corrected chi connectivity index (χ1v) is 16.5. The fourth-order valence-electron chi connectivity index (χ4n) is 6.47. The second-order valence-corrected chi connectivity index (χ2v) is 13.0. The van der Waals surface area contributed by atoms with Crippen molar-refractivity contribution in [2.24, 2.45) is 0 Å². The van der Waals surface area contributed by atoms with Crippen molar-refractivity contribution < 1.29 is 22.7 Å². The molecule has 4 heterocycles. The van der Waals surface area contributed by atoms with Gasteiger partial charge in [0.05, 0.1) is 34.4 Å². The van der Waals surface area contributed by atoms with E-state index in [2.05, 4.69) is 26.6 Å². The Balaban J connectivity index is 1.45. The van der Waals surface area contributed by atoms with E-state index >= 15 is 0 Å². The van der Waals surface area contributed by atoms with Gasteiger partial charge in [0.15, 0.2) is 5.54 Å². The molecule has 1 aromatic heterocycles. The molecule has 0 radical (unpaired) electrons. The van der Waals surface area contributed by atoms with Gasteiger partial charge in [-0.05, 0) is 75.3 Å². The number of aromatic nitrogens is 1. The number of carbonyl (C=O) groups is 2. The average molecular weight is 630 g/mol. The van der Waals surface area contributed by atoms with Crippen molar-refractivity contribution in [1.82, 2.24) is 25.4 Å². The molecule has 0 aliphatic carbocycles. The fraction of sp³-hybridized carbons (Fsp3) is 0.375. The third-order valence-corrected chi connectivity index (χ3v) is 10.4. The Morgan fingerprint density at radius 1 is 1.07 bits per heavy atom. The molecular formula is C32H35N7O5S. The number of piperidine rings is 1. The average Bonchev–Trinajstić information content (AvgIpc) is 3.33. The number of nitrogens with one attached hydrogen (secondary N) is 2. The van der Waals surface area contributed by atoms with Crippen LogP contribution in [-0.2, 0) is 20.4 Å². The molecule has 0 bridgehead atoms. The molecule has 3 aliphatic heterocycles. The van der Waals surface area contributed by atoms with Gasteiger partial charge in [-0.1, -0.05) is 18.2 Å². The summed E-state index contributed by atoms with van der Waals surface area (Å²) in [5, 5.41) is 16.2. The Bertz CT molecular complexity index is 1730. The maximum atomic E-state index is 14.9. The van der Waals surface area contributed by atoms with Crippen molar-refractivity contribution in [3.63, 3.8) is 0 Å². The molecule has 6 rings (SSSR count). The molecule has 3 amide bonds. The third-order valence-electron chi connectivity index (χ3n) is 8.71. The Kier molecular flexibility index (Phi) is 8.46. The number of carbonyl (C=O) groups excluding carboxylic acids is 2. The van der Waals surface area contributed by atoms with Crippen LogP contribution >= 0.6 is 0 Å². The van der Waals surface area contributed by atoms with Crippen LogP contribution in [0.1, 0.15) is 36.5 Å². The van der Waals surface area contributed by atoms with E-state index in [9.17, 15) is 23.3 Å². The normalized spacial score (nSPS) is 20.8. The van der Waals surface area contributed by atoms with E-state index in [1.54, 1.807) is 42.2 Å². The molecule has 3 aromatic rings. The fourth-order valence-corrected chi connectivity index (χ4v) is 7.96. The second-order valence-electron chi connectivity index (χ2n) is 11.2. The molecule has 12 nitrogen and oxygen atoms in total. The first-order valence-electron chi connectivity index (χ1n) is 15.1. The van der Waals surface area contributed by atoms with Gasteiger partial charge in [0.1, 0.15) is 0 Å². The summed E-state index contributed by atoms with van der Waals surface area (Å²) >= 11 is 0. The van der Waals surface area contributed by atoms with Gasteiger partial charge < -0.3 is 20.3 Å². The molecule has 2 fully saturated rings. The lowest BCUT2D eigenvalue weighted by molar-refractivity contribution is -0.121. The Labute approximate surface area is 262 Å². The number of pyridine rings is 1. The molecule has 3 aliphatic rings. The predicted octanol–water partition coefficient (Wildman–Crippen LogP) is 2.41. The summed E-state index contributed by atoms with van der Waals surface area (Å²) in [5.74, 6) is -0.858. The first-order chi connectivity index (χ1) is 21.8. The molecule has 1 atom stereocenters. The molecule has 1 unspecified atom stereocenters. The SMILES string of the molecule is CCOc1ncccc1C1(NC(=O)N2CCN(C3CCNCC3)CC2)C(=O)N(S(=O)(=O)c2ccccc2)c2ccc(C#N)cc21. The van der Waals surface area contributed by atoms with E-state index in [1.165, 1.54) is 36.5 Å². The molecule has 2 saturated heterocycles. The smallest absolute Gasteiger partial charge is 0.318 e. The molecule has 2 aromatic carbocycles. The van der Waals surface area contributed by atoms with Gasteiger partial charge in [-0.15, -0.1) is 0 Å². The van der Waals surface area contributed by atoms with Crippen LogP contribution in [0.15, 0.2) is 71.8 Å². The van der Waals surface area contributed by atoms with Crippen LogP contribution in [0.3, 0.4) is 0 Å². The zero-order chi connectivity index (χ0) is 31.6. The number of nitrogens with zero attached hydrogens (tertiary/aromatic N) is 5. The number of piperazine rings is 1. The minimum absolute atomic E-state index is 0.0326. The zero-order valence-electron chi connectivity index (χ0n) is 25.0. The van der Waals surface area contributed by atoms with Crippen molar-refractivity contribution in [2.75, 3.05) is 50.2 Å². The molecule has 0 saturated carbocycles. The van der Waals surface area contributed by atoms with Gasteiger partial charge in [-0.2, -0.15) is 9.57 Å². The summed E-state index contributed by atoms with van der Waals surface area (Å²) in [4.78, 5) is 37.3. The highest BCUT2D eigenvalue weighted by Gasteiger charge is 2.59. The van der Waals surface area contributed by atoms with Crippen molar-refractivity contribution in [2.45, 2.75) is 36.2 Å². The third kappa shape index (κ3) is 5.39. The van der Waals surface area contributed by atoms with Crippen molar-refractivity contribution in [3.8, 4) is 11.9 Å². The number of urea groups is 1. The van der Waals surface area contributed by atoms with E-state index in [1.807, 2.05) is 0 Å². The lowest BCUT2D eigenvalue weighted by Crippen LogP contribution is -2.61. The maximum Gasteiger partial charge on any atom is 0.318 e. The van der Waals surface area contributed by atoms with Crippen molar-refractivity contribution in [3.05, 3.63) is 83.6 Å². The van der Waals surface area contributed by atoms with Gasteiger partial charge in [-0.3, -0.25) is 9.69 Å². The van der Waals surface area contributed by atoms with Gasteiger partial charge in [-0.25, -0.2) is 18.2 Å². The van der Waals surface area contributed by atoms with Crippen molar-refractivity contribution in [1.29, 1.82) is 5.26 Å². The largest absolute Gasteiger partial charge is 0.478 e. The van der Waals surface area contributed by atoms with Gasteiger partial charge in [0, 0.05) is 44.0 Å². The number of hydrogen-bond donors (Lipinski definition) is 2. The molecule has 2 N–H and O–H groups in total. The number of fused-ring (bicyclic) bond motifs is 1. The number of hydrogen-bond acceptors (Lipinski definition) is 9. The minimum atomic E-state index is -4.44.